The average Bonchev–Trinajstić information content (AvgIpc) is 3.27. The predicted octanol–water partition coefficient (Wildman–Crippen LogP) is 3.62. The topological polar surface area (TPSA) is 90.2 Å². The van der Waals surface area contributed by atoms with Crippen LogP contribution in [0.15, 0.2) is 71.0 Å². The Bertz CT molecular complexity index is 1070. The first-order valence-electron chi connectivity index (χ1n) is 10.6. The molecule has 2 N–H and O–H groups in total. The van der Waals surface area contributed by atoms with Gasteiger partial charge in [-0.15, -0.1) is 0 Å². The van der Waals surface area contributed by atoms with E-state index in [9.17, 15) is 9.90 Å². The lowest BCUT2D eigenvalue weighted by molar-refractivity contribution is -0.150. The number of carbonyl (C=O) groups excluding carboxylic acids is 1. The number of hydrogen-bond acceptors (Lipinski definition) is 6. The molecule has 0 fully saturated rings. The molecule has 1 aliphatic rings. The summed E-state index contributed by atoms with van der Waals surface area (Å²) in [5.41, 5.74) is 3.59. The third kappa shape index (κ3) is 5.19. The highest BCUT2D eigenvalue weighted by molar-refractivity contribution is 5.92. The number of rotatable bonds is 9. The Labute approximate surface area is 186 Å². The van der Waals surface area contributed by atoms with Crippen LogP contribution in [0.25, 0.3) is 11.0 Å². The minimum atomic E-state index is -0.598. The van der Waals surface area contributed by atoms with Crippen LogP contribution in [0.1, 0.15) is 29.0 Å². The van der Waals surface area contributed by atoms with E-state index in [-0.39, 0.29) is 24.2 Å². The zero-order chi connectivity index (χ0) is 22.3. The number of aliphatic hydroxyl groups excluding tert-OH is 1. The maximum atomic E-state index is 12.7. The number of benzene rings is 2. The first-order chi connectivity index (χ1) is 15.7. The van der Waals surface area contributed by atoms with Gasteiger partial charge in [-0.05, 0) is 23.3 Å². The van der Waals surface area contributed by atoms with E-state index in [1.54, 1.807) is 13.4 Å². The summed E-state index contributed by atoms with van der Waals surface area (Å²) in [4.78, 5) is 12.7. The van der Waals surface area contributed by atoms with Gasteiger partial charge in [0.25, 0.3) is 5.91 Å². The van der Waals surface area contributed by atoms with Gasteiger partial charge in [0.1, 0.15) is 5.58 Å². The van der Waals surface area contributed by atoms with Crippen molar-refractivity contribution in [2.24, 2.45) is 0 Å². The van der Waals surface area contributed by atoms with Crippen LogP contribution in [0.4, 0.5) is 0 Å². The molecule has 1 aliphatic heterocycles. The number of amides is 1. The molecule has 1 amide bonds. The van der Waals surface area contributed by atoms with Crippen molar-refractivity contribution in [3.8, 4) is 0 Å². The number of para-hydroxylation sites is 1. The highest BCUT2D eigenvalue weighted by Gasteiger charge is 2.30. The zero-order valence-corrected chi connectivity index (χ0v) is 18.0. The number of carbonyl (C=O) groups is 1. The molecule has 0 spiro atoms. The fraction of sp³-hybridized carbons (Fsp3) is 0.320. The van der Waals surface area contributed by atoms with E-state index in [2.05, 4.69) is 5.32 Å². The van der Waals surface area contributed by atoms with E-state index >= 15 is 0 Å². The molecule has 0 saturated carbocycles. The second kappa shape index (κ2) is 10.5. The van der Waals surface area contributed by atoms with Crippen LogP contribution in [0.5, 0.6) is 0 Å². The maximum absolute atomic E-state index is 12.7. The van der Waals surface area contributed by atoms with Crippen LogP contribution in [-0.2, 0) is 32.2 Å². The van der Waals surface area contributed by atoms with Gasteiger partial charge in [0.2, 0.25) is 6.29 Å². The fourth-order valence-electron chi connectivity index (χ4n) is 3.70. The minimum Gasteiger partial charge on any atom is -0.464 e. The third-order valence-corrected chi connectivity index (χ3v) is 5.42. The highest BCUT2D eigenvalue weighted by atomic mass is 16.7. The third-order valence-electron chi connectivity index (χ3n) is 5.42. The van der Waals surface area contributed by atoms with Crippen LogP contribution in [-0.4, -0.2) is 37.6 Å². The van der Waals surface area contributed by atoms with Crippen molar-refractivity contribution in [3.05, 3.63) is 83.3 Å². The van der Waals surface area contributed by atoms with E-state index < -0.39 is 6.29 Å². The molecule has 2 heterocycles. The van der Waals surface area contributed by atoms with Crippen LogP contribution in [0, 0.1) is 0 Å². The molecule has 0 radical (unpaired) electrons. The largest absolute Gasteiger partial charge is 0.464 e. The molecule has 4 rings (SSSR count). The number of allylic oxidation sites excluding steroid dienone is 1. The lowest BCUT2D eigenvalue weighted by atomic mass is 9.92. The lowest BCUT2D eigenvalue weighted by Crippen LogP contribution is -2.34. The maximum Gasteiger partial charge on any atom is 0.286 e. The molecule has 2 aromatic carbocycles. The van der Waals surface area contributed by atoms with E-state index in [1.165, 1.54) is 0 Å². The van der Waals surface area contributed by atoms with E-state index in [1.807, 2.05) is 54.6 Å². The van der Waals surface area contributed by atoms with Crippen molar-refractivity contribution in [1.29, 1.82) is 0 Å². The second-order valence-corrected chi connectivity index (χ2v) is 7.64. The molecule has 0 bridgehead atoms. The molecule has 32 heavy (non-hydrogen) atoms. The molecule has 2 atom stereocenters. The fourth-order valence-corrected chi connectivity index (χ4v) is 3.70. The molecule has 0 saturated heterocycles. The van der Waals surface area contributed by atoms with Gasteiger partial charge in [-0.3, -0.25) is 4.79 Å². The summed E-state index contributed by atoms with van der Waals surface area (Å²) >= 11 is 0. The number of ether oxygens (including phenoxy) is 3. The molecule has 0 aliphatic carbocycles. The van der Waals surface area contributed by atoms with Crippen molar-refractivity contribution < 1.29 is 28.5 Å². The summed E-state index contributed by atoms with van der Waals surface area (Å²) in [7, 11) is 1.58. The number of hydrogen-bond donors (Lipinski definition) is 2. The first-order valence-corrected chi connectivity index (χ1v) is 10.6. The number of aliphatic hydroxyl groups is 1. The lowest BCUT2D eigenvalue weighted by Gasteiger charge is -2.29. The molecule has 0 unspecified atom stereocenters. The smallest absolute Gasteiger partial charge is 0.286 e. The Morgan fingerprint density at radius 2 is 1.94 bits per heavy atom. The summed E-state index contributed by atoms with van der Waals surface area (Å²) in [5, 5.41) is 13.0. The average molecular weight is 437 g/mol. The monoisotopic (exact) mass is 437 g/mol. The van der Waals surface area contributed by atoms with Gasteiger partial charge in [0, 0.05) is 36.9 Å². The van der Waals surface area contributed by atoms with E-state index in [0.717, 1.165) is 27.7 Å². The van der Waals surface area contributed by atoms with Gasteiger partial charge < -0.3 is 29.1 Å². The Balaban J connectivity index is 1.52. The van der Waals surface area contributed by atoms with Gasteiger partial charge in [0.15, 0.2) is 5.76 Å². The Kier molecular flexibility index (Phi) is 7.21. The number of furan rings is 1. The molecule has 7 heteroatoms. The van der Waals surface area contributed by atoms with Crippen molar-refractivity contribution in [2.75, 3.05) is 20.3 Å². The summed E-state index contributed by atoms with van der Waals surface area (Å²) in [6, 6.07) is 15.3. The second-order valence-electron chi connectivity index (χ2n) is 7.64. The molecule has 7 nitrogen and oxygen atoms in total. The van der Waals surface area contributed by atoms with Crippen LogP contribution >= 0.6 is 0 Å². The normalized spacial score (nSPS) is 18.2. The van der Waals surface area contributed by atoms with Gasteiger partial charge >= 0.3 is 0 Å². The zero-order valence-electron chi connectivity index (χ0n) is 18.0. The summed E-state index contributed by atoms with van der Waals surface area (Å²) in [6.07, 6.45) is 3.52. The van der Waals surface area contributed by atoms with Crippen LogP contribution in [0.3, 0.4) is 0 Å². The van der Waals surface area contributed by atoms with Gasteiger partial charge in [-0.2, -0.15) is 0 Å². The van der Waals surface area contributed by atoms with Crippen molar-refractivity contribution in [3.63, 3.8) is 0 Å². The number of methoxy groups -OCH3 is 1. The van der Waals surface area contributed by atoms with Crippen molar-refractivity contribution in [1.82, 2.24) is 5.32 Å². The van der Waals surface area contributed by atoms with E-state index in [4.69, 9.17) is 18.6 Å². The molecule has 3 aromatic rings. The van der Waals surface area contributed by atoms with Gasteiger partial charge in [-0.1, -0.05) is 42.5 Å². The minimum absolute atomic E-state index is 0.000449. The Hall–Kier alpha value is -3.13. The highest BCUT2D eigenvalue weighted by Crippen LogP contribution is 2.36. The molecule has 1 aromatic heterocycles. The quantitative estimate of drug-likeness (QED) is 0.497. The van der Waals surface area contributed by atoms with Gasteiger partial charge in [-0.25, -0.2) is 0 Å². The summed E-state index contributed by atoms with van der Waals surface area (Å²) < 4.78 is 22.6. The Morgan fingerprint density at radius 3 is 2.72 bits per heavy atom. The summed E-state index contributed by atoms with van der Waals surface area (Å²) in [6.45, 7) is 1.13. The molecular weight excluding hydrogens is 410 g/mol. The van der Waals surface area contributed by atoms with Crippen molar-refractivity contribution in [2.45, 2.75) is 31.8 Å². The van der Waals surface area contributed by atoms with Crippen LogP contribution in [0.2, 0.25) is 0 Å². The molecule has 168 valence electrons. The predicted molar refractivity (Wildman–Crippen MR) is 119 cm³/mol. The summed E-state index contributed by atoms with van der Waals surface area (Å²) in [5.74, 6) is -0.180. The number of nitrogens with one attached hydrogen (secondary N) is 1. The van der Waals surface area contributed by atoms with Gasteiger partial charge in [0.05, 0.1) is 26.1 Å². The number of fused-ring (bicyclic) bond motifs is 1. The first kappa shape index (κ1) is 22.1. The Morgan fingerprint density at radius 1 is 1.16 bits per heavy atom. The molecular formula is C25H27NO6. The van der Waals surface area contributed by atoms with E-state index in [0.29, 0.717) is 26.2 Å². The van der Waals surface area contributed by atoms with Crippen molar-refractivity contribution >= 4 is 16.9 Å². The SMILES string of the molecule is COCCNC(=O)C1=C[C@H](c2coc3ccccc23)C[C@H](OCc2ccc(CO)cc2)O1. The van der Waals surface area contributed by atoms with Crippen LogP contribution < -0.4 is 5.32 Å². The standard InChI is InChI=1S/C25H27NO6/c1-29-11-10-26-25(28)23-12-19(21-16-30-22-5-3-2-4-20(21)22)13-24(32-23)31-15-18-8-6-17(14-27)7-9-18/h2-9,12,16,19,24,27H,10-11,13-15H2,1H3,(H,26,28)/t19-,24+/m0/s1.